The van der Waals surface area contributed by atoms with E-state index in [0.717, 1.165) is 22.6 Å². The summed E-state index contributed by atoms with van der Waals surface area (Å²) < 4.78 is 18.2. The first-order valence-electron chi connectivity index (χ1n) is 13.5. The topological polar surface area (TPSA) is 99.4 Å². The maximum absolute atomic E-state index is 14.4. The van der Waals surface area contributed by atoms with Gasteiger partial charge in [-0.25, -0.2) is 9.79 Å². The van der Waals surface area contributed by atoms with Crippen LogP contribution in [0, 0.1) is 0 Å². The van der Waals surface area contributed by atoms with E-state index in [4.69, 9.17) is 14.2 Å². The summed E-state index contributed by atoms with van der Waals surface area (Å²) in [6.45, 7) is 4.07. The van der Waals surface area contributed by atoms with Gasteiger partial charge in [-0.2, -0.15) is 0 Å². The number of anilines is 1. The molecule has 0 bridgehead atoms. The second kappa shape index (κ2) is 10.1. The van der Waals surface area contributed by atoms with Gasteiger partial charge in [0.2, 0.25) is 6.79 Å². The van der Waals surface area contributed by atoms with Crippen molar-refractivity contribution in [2.45, 2.75) is 26.4 Å². The van der Waals surface area contributed by atoms with Gasteiger partial charge >= 0.3 is 5.97 Å². The Kier molecular flexibility index (Phi) is 6.27. The molecule has 3 aliphatic heterocycles. The monoisotopic (exact) mass is 579 g/mol. The van der Waals surface area contributed by atoms with Crippen LogP contribution in [0.2, 0.25) is 0 Å². The molecule has 3 aliphatic rings. The Morgan fingerprint density at radius 3 is 2.60 bits per heavy atom. The molecule has 0 aliphatic carbocycles. The Morgan fingerprint density at radius 2 is 1.79 bits per heavy atom. The molecule has 10 heteroatoms. The number of ether oxygens (including phenoxy) is 3. The fourth-order valence-corrected chi connectivity index (χ4v) is 6.80. The standard InChI is InChI=1S/C32H25N3O6S/c1-3-39-31(38)25-18(2)33-32-35(27(25)20-13-14-23-24(15-20)41-17-40-23)30(37)28(42-32)26-21-11-7-8-12-22(21)34(29(26)36)16-19-9-5-4-6-10-19/h4-15,27H,3,16-17H2,1-2H3/b28-26-/t27-/m1/s1. The van der Waals surface area contributed by atoms with Crippen LogP contribution in [0.4, 0.5) is 5.69 Å². The van der Waals surface area contributed by atoms with E-state index in [-0.39, 0.29) is 29.4 Å². The fourth-order valence-electron chi connectivity index (χ4n) is 5.66. The lowest BCUT2D eigenvalue weighted by Crippen LogP contribution is -2.41. The highest BCUT2D eigenvalue weighted by Gasteiger charge is 2.37. The average molecular weight is 580 g/mol. The lowest BCUT2D eigenvalue weighted by atomic mass is 9.95. The van der Waals surface area contributed by atoms with E-state index in [9.17, 15) is 14.4 Å². The number of carbonyl (C=O) groups excluding carboxylic acids is 2. The van der Waals surface area contributed by atoms with Crippen LogP contribution < -0.4 is 29.3 Å². The molecular weight excluding hydrogens is 554 g/mol. The number of aromatic nitrogens is 1. The zero-order valence-electron chi connectivity index (χ0n) is 22.8. The minimum atomic E-state index is -0.837. The highest BCUT2D eigenvalue weighted by atomic mass is 32.1. The predicted octanol–water partition coefficient (Wildman–Crippen LogP) is 3.44. The van der Waals surface area contributed by atoms with Gasteiger partial charge in [0, 0.05) is 5.56 Å². The number of nitrogens with zero attached hydrogens (tertiary/aromatic N) is 3. The van der Waals surface area contributed by atoms with E-state index < -0.39 is 17.6 Å². The number of benzene rings is 3. The van der Waals surface area contributed by atoms with Crippen LogP contribution in [0.15, 0.2) is 93.9 Å². The molecule has 4 heterocycles. The molecule has 7 rings (SSSR count). The SMILES string of the molecule is CCOC(=O)C1=C(C)N=c2s/c(=C3\C(=O)N(Cc4ccccc4)c4ccccc43)c(=O)n2[C@@H]1c1ccc2c(c1)OCO2. The van der Waals surface area contributed by atoms with Crippen LogP contribution in [0.5, 0.6) is 11.5 Å². The molecule has 0 N–H and O–H groups in total. The summed E-state index contributed by atoms with van der Waals surface area (Å²) in [6, 6.07) is 21.7. The van der Waals surface area contributed by atoms with E-state index in [1.165, 1.54) is 4.57 Å². The number of fused-ring (bicyclic) bond motifs is 3. The number of para-hydroxylation sites is 1. The van der Waals surface area contributed by atoms with Crippen molar-refractivity contribution < 1.29 is 23.8 Å². The van der Waals surface area contributed by atoms with E-state index in [1.54, 1.807) is 36.9 Å². The number of amides is 1. The molecule has 4 aromatic rings. The highest BCUT2D eigenvalue weighted by molar-refractivity contribution is 7.07. The van der Waals surface area contributed by atoms with Gasteiger partial charge in [-0.1, -0.05) is 65.9 Å². The van der Waals surface area contributed by atoms with Crippen molar-refractivity contribution in [3.8, 4) is 11.5 Å². The number of thiazole rings is 1. The summed E-state index contributed by atoms with van der Waals surface area (Å²) in [7, 11) is 0. The van der Waals surface area contributed by atoms with E-state index in [2.05, 4.69) is 4.99 Å². The molecule has 0 saturated carbocycles. The third-order valence-corrected chi connectivity index (χ3v) is 8.59. The molecule has 1 aromatic heterocycles. The van der Waals surface area contributed by atoms with Gasteiger partial charge in [0.1, 0.15) is 4.53 Å². The second-order valence-electron chi connectivity index (χ2n) is 10.0. The van der Waals surface area contributed by atoms with Crippen LogP contribution in [-0.4, -0.2) is 29.8 Å². The van der Waals surface area contributed by atoms with E-state index >= 15 is 0 Å². The van der Waals surface area contributed by atoms with Crippen molar-refractivity contribution in [2.75, 3.05) is 18.3 Å². The highest BCUT2D eigenvalue weighted by Crippen LogP contribution is 2.39. The van der Waals surface area contributed by atoms with Crippen molar-refractivity contribution in [1.82, 2.24) is 4.57 Å². The van der Waals surface area contributed by atoms with Gasteiger partial charge in [-0.3, -0.25) is 14.2 Å². The predicted molar refractivity (Wildman–Crippen MR) is 156 cm³/mol. The molecular formula is C32H25N3O6S. The summed E-state index contributed by atoms with van der Waals surface area (Å²) >= 11 is 1.15. The van der Waals surface area contributed by atoms with Crippen LogP contribution in [-0.2, 0) is 20.9 Å². The number of esters is 1. The Labute approximate surface area is 244 Å². The van der Waals surface area contributed by atoms with Gasteiger partial charge in [-0.15, -0.1) is 0 Å². The number of carbonyl (C=O) groups is 2. The number of hydrogen-bond donors (Lipinski definition) is 0. The zero-order valence-corrected chi connectivity index (χ0v) is 23.6. The summed E-state index contributed by atoms with van der Waals surface area (Å²) in [6.07, 6.45) is 0. The molecule has 210 valence electrons. The maximum Gasteiger partial charge on any atom is 0.338 e. The van der Waals surface area contributed by atoms with E-state index in [0.29, 0.717) is 45.2 Å². The van der Waals surface area contributed by atoms with Gasteiger partial charge < -0.3 is 19.1 Å². The molecule has 42 heavy (non-hydrogen) atoms. The van der Waals surface area contributed by atoms with Crippen LogP contribution in [0.25, 0.3) is 5.57 Å². The Bertz CT molecular complexity index is 1990. The smallest absolute Gasteiger partial charge is 0.338 e. The quantitative estimate of drug-likeness (QED) is 0.336. The van der Waals surface area contributed by atoms with Gasteiger partial charge in [-0.05, 0) is 43.2 Å². The number of hydrogen-bond acceptors (Lipinski definition) is 8. The van der Waals surface area contributed by atoms with Crippen molar-refractivity contribution in [3.63, 3.8) is 0 Å². The molecule has 9 nitrogen and oxygen atoms in total. The molecule has 0 spiro atoms. The van der Waals surface area contributed by atoms with Crippen LogP contribution >= 0.6 is 11.3 Å². The average Bonchev–Trinajstić information content (AvgIpc) is 3.67. The fraction of sp³-hybridized carbons (Fsp3) is 0.188. The van der Waals surface area contributed by atoms with Crippen LogP contribution in [0.3, 0.4) is 0 Å². The van der Waals surface area contributed by atoms with Gasteiger partial charge in [0.15, 0.2) is 16.3 Å². The zero-order chi connectivity index (χ0) is 29.0. The summed E-state index contributed by atoms with van der Waals surface area (Å²) in [5, 5.41) is 0. The maximum atomic E-state index is 14.4. The lowest BCUT2D eigenvalue weighted by molar-refractivity contribution is -0.139. The lowest BCUT2D eigenvalue weighted by Gasteiger charge is -2.24. The molecule has 1 amide bonds. The largest absolute Gasteiger partial charge is 0.463 e. The van der Waals surface area contributed by atoms with Crippen molar-refractivity contribution in [1.29, 1.82) is 0 Å². The van der Waals surface area contributed by atoms with E-state index in [1.807, 2.05) is 54.6 Å². The first-order chi connectivity index (χ1) is 20.5. The molecule has 0 saturated heterocycles. The minimum Gasteiger partial charge on any atom is -0.463 e. The van der Waals surface area contributed by atoms with Crippen molar-refractivity contribution in [2.24, 2.45) is 4.99 Å². The Hall–Kier alpha value is -4.96. The Balaban J connectivity index is 1.44. The molecule has 1 atom stereocenters. The molecule has 3 aromatic carbocycles. The summed E-state index contributed by atoms with van der Waals surface area (Å²) in [5.41, 5.74) is 3.65. The Morgan fingerprint density at radius 1 is 1.02 bits per heavy atom. The van der Waals surface area contributed by atoms with Gasteiger partial charge in [0.05, 0.1) is 41.7 Å². The molecule has 0 fully saturated rings. The van der Waals surface area contributed by atoms with Crippen LogP contribution in [0.1, 0.15) is 36.6 Å². The van der Waals surface area contributed by atoms with Gasteiger partial charge in [0.25, 0.3) is 11.5 Å². The first kappa shape index (κ1) is 26.0. The third-order valence-electron chi connectivity index (χ3n) is 7.54. The number of rotatable bonds is 5. The minimum absolute atomic E-state index is 0.0888. The van der Waals surface area contributed by atoms with Crippen molar-refractivity contribution in [3.05, 3.63) is 120 Å². The first-order valence-corrected chi connectivity index (χ1v) is 14.3. The normalized spacial score (nSPS) is 18.1. The number of allylic oxidation sites excluding steroid dienone is 1. The van der Waals surface area contributed by atoms with Crippen molar-refractivity contribution >= 4 is 34.5 Å². The molecule has 0 radical (unpaired) electrons. The second-order valence-corrected chi connectivity index (χ2v) is 11.0. The molecule has 0 unspecified atom stereocenters. The summed E-state index contributed by atoms with van der Waals surface area (Å²) in [4.78, 5) is 48.4. The summed E-state index contributed by atoms with van der Waals surface area (Å²) in [5.74, 6) is 0.284. The third kappa shape index (κ3) is 4.06.